The fourth-order valence-corrected chi connectivity index (χ4v) is 4.49. The van der Waals surface area contributed by atoms with E-state index in [9.17, 15) is 9.59 Å². The maximum atomic E-state index is 13.2. The van der Waals surface area contributed by atoms with E-state index in [0.717, 1.165) is 45.1 Å². The number of nitrogens with zero attached hydrogens (tertiary/aromatic N) is 2. The number of hydrogen-bond acceptors (Lipinski definition) is 2. The van der Waals surface area contributed by atoms with E-state index in [0.29, 0.717) is 0 Å². The Kier molecular flexibility index (Phi) is 3.74. The molecule has 0 aromatic heterocycles. The van der Waals surface area contributed by atoms with Crippen molar-refractivity contribution in [2.45, 2.75) is 83.3 Å². The number of piperidine rings is 1. The van der Waals surface area contributed by atoms with E-state index in [1.54, 1.807) is 0 Å². The Labute approximate surface area is 127 Å². The van der Waals surface area contributed by atoms with E-state index in [-0.39, 0.29) is 35.4 Å². The van der Waals surface area contributed by atoms with E-state index in [1.807, 2.05) is 9.80 Å². The summed E-state index contributed by atoms with van der Waals surface area (Å²) < 4.78 is 0. The van der Waals surface area contributed by atoms with Crippen molar-refractivity contribution in [2.24, 2.45) is 5.92 Å². The van der Waals surface area contributed by atoms with Gasteiger partial charge in [-0.2, -0.15) is 0 Å². The lowest BCUT2D eigenvalue weighted by Crippen LogP contribution is -2.73. The fraction of sp³-hybridized carbons (Fsp3) is 0.882. The van der Waals surface area contributed by atoms with Crippen LogP contribution in [0.2, 0.25) is 0 Å². The number of piperazine rings is 1. The molecule has 0 radical (unpaired) electrons. The summed E-state index contributed by atoms with van der Waals surface area (Å²) in [5.74, 6) is 0.622. The van der Waals surface area contributed by atoms with Crippen molar-refractivity contribution in [1.29, 1.82) is 0 Å². The van der Waals surface area contributed by atoms with E-state index in [2.05, 4.69) is 20.8 Å². The Balaban J connectivity index is 1.98. The van der Waals surface area contributed by atoms with Crippen LogP contribution in [0.25, 0.3) is 0 Å². The van der Waals surface area contributed by atoms with Gasteiger partial charge in [0, 0.05) is 12.1 Å². The van der Waals surface area contributed by atoms with E-state index in [4.69, 9.17) is 0 Å². The van der Waals surface area contributed by atoms with Crippen LogP contribution in [0.5, 0.6) is 0 Å². The van der Waals surface area contributed by atoms with Crippen LogP contribution in [-0.4, -0.2) is 45.8 Å². The normalized spacial score (nSPS) is 32.2. The Morgan fingerprint density at radius 3 is 2.38 bits per heavy atom. The van der Waals surface area contributed by atoms with Crippen LogP contribution in [0.1, 0.15) is 65.7 Å². The van der Waals surface area contributed by atoms with Crippen molar-refractivity contribution >= 4 is 11.8 Å². The smallest absolute Gasteiger partial charge is 0.246 e. The molecule has 3 fully saturated rings. The SMILES string of the molecule is CCC1(N2C(=O)C3CCCCN3C(=O)C2C(C)C)CCC1. The van der Waals surface area contributed by atoms with Gasteiger partial charge in [-0.25, -0.2) is 0 Å². The number of carbonyl (C=O) groups excluding carboxylic acids is 2. The van der Waals surface area contributed by atoms with Crippen LogP contribution < -0.4 is 0 Å². The first kappa shape index (κ1) is 14.9. The zero-order valence-corrected chi connectivity index (χ0v) is 13.6. The first-order valence-electron chi connectivity index (χ1n) is 8.65. The summed E-state index contributed by atoms with van der Waals surface area (Å²) in [5, 5.41) is 0. The van der Waals surface area contributed by atoms with Crippen molar-refractivity contribution in [3.63, 3.8) is 0 Å². The molecule has 2 aliphatic heterocycles. The van der Waals surface area contributed by atoms with Crippen LogP contribution in [0.15, 0.2) is 0 Å². The molecule has 21 heavy (non-hydrogen) atoms. The molecule has 1 aliphatic carbocycles. The first-order valence-corrected chi connectivity index (χ1v) is 8.65. The number of fused-ring (bicyclic) bond motifs is 1. The molecule has 4 heteroatoms. The van der Waals surface area contributed by atoms with Gasteiger partial charge in [0.1, 0.15) is 12.1 Å². The zero-order valence-electron chi connectivity index (χ0n) is 13.6. The highest BCUT2D eigenvalue weighted by atomic mass is 16.2. The molecule has 0 aromatic rings. The lowest BCUT2D eigenvalue weighted by Gasteiger charge is -2.58. The largest absolute Gasteiger partial charge is 0.329 e. The maximum absolute atomic E-state index is 13.2. The van der Waals surface area contributed by atoms with E-state index < -0.39 is 0 Å². The van der Waals surface area contributed by atoms with Gasteiger partial charge < -0.3 is 9.80 Å². The lowest BCUT2D eigenvalue weighted by atomic mass is 9.70. The molecule has 0 aromatic carbocycles. The first-order chi connectivity index (χ1) is 10.0. The van der Waals surface area contributed by atoms with Gasteiger partial charge in [-0.3, -0.25) is 9.59 Å². The molecular weight excluding hydrogens is 264 g/mol. The molecule has 2 amide bonds. The third kappa shape index (κ3) is 2.09. The van der Waals surface area contributed by atoms with Crippen LogP contribution in [-0.2, 0) is 9.59 Å². The Hall–Kier alpha value is -1.06. The molecule has 118 valence electrons. The highest BCUT2D eigenvalue weighted by Gasteiger charge is 2.55. The third-order valence-electron chi connectivity index (χ3n) is 5.92. The minimum atomic E-state index is -0.243. The van der Waals surface area contributed by atoms with Gasteiger partial charge in [-0.1, -0.05) is 20.8 Å². The second kappa shape index (κ2) is 5.29. The summed E-state index contributed by atoms with van der Waals surface area (Å²) in [6.45, 7) is 7.09. The van der Waals surface area contributed by atoms with E-state index >= 15 is 0 Å². The molecule has 0 bridgehead atoms. The average molecular weight is 292 g/mol. The molecule has 2 atom stereocenters. The molecule has 0 spiro atoms. The quantitative estimate of drug-likeness (QED) is 0.802. The predicted octanol–water partition coefficient (Wildman–Crippen LogP) is 2.57. The van der Waals surface area contributed by atoms with Crippen molar-refractivity contribution in [2.75, 3.05) is 6.54 Å². The van der Waals surface area contributed by atoms with Gasteiger partial charge in [-0.05, 0) is 50.9 Å². The molecule has 2 unspecified atom stereocenters. The Bertz CT molecular complexity index is 437. The van der Waals surface area contributed by atoms with Gasteiger partial charge in [-0.15, -0.1) is 0 Å². The molecule has 3 rings (SSSR count). The maximum Gasteiger partial charge on any atom is 0.246 e. The number of hydrogen-bond donors (Lipinski definition) is 0. The third-order valence-corrected chi connectivity index (χ3v) is 5.92. The summed E-state index contributed by atoms with van der Waals surface area (Å²) in [4.78, 5) is 30.1. The van der Waals surface area contributed by atoms with Crippen molar-refractivity contribution in [3.05, 3.63) is 0 Å². The summed E-state index contributed by atoms with van der Waals surface area (Å²) in [6.07, 6.45) is 7.26. The second-order valence-corrected chi connectivity index (χ2v) is 7.37. The molecule has 2 saturated heterocycles. The van der Waals surface area contributed by atoms with Gasteiger partial charge in [0.05, 0.1) is 0 Å². The van der Waals surface area contributed by atoms with Crippen molar-refractivity contribution < 1.29 is 9.59 Å². The van der Waals surface area contributed by atoms with Crippen LogP contribution in [0, 0.1) is 5.92 Å². The molecule has 2 heterocycles. The highest BCUT2D eigenvalue weighted by molar-refractivity contribution is 5.97. The molecule has 1 saturated carbocycles. The van der Waals surface area contributed by atoms with Crippen LogP contribution in [0.4, 0.5) is 0 Å². The molecule has 3 aliphatic rings. The minimum Gasteiger partial charge on any atom is -0.329 e. The monoisotopic (exact) mass is 292 g/mol. The number of carbonyl (C=O) groups is 2. The summed E-state index contributed by atoms with van der Waals surface area (Å²) >= 11 is 0. The van der Waals surface area contributed by atoms with Crippen LogP contribution in [0.3, 0.4) is 0 Å². The van der Waals surface area contributed by atoms with E-state index in [1.165, 1.54) is 6.42 Å². The van der Waals surface area contributed by atoms with Crippen molar-refractivity contribution in [3.8, 4) is 0 Å². The average Bonchev–Trinajstić information content (AvgIpc) is 2.43. The predicted molar refractivity (Wildman–Crippen MR) is 81.7 cm³/mol. The number of amides is 2. The lowest BCUT2D eigenvalue weighted by molar-refractivity contribution is -0.179. The van der Waals surface area contributed by atoms with Crippen LogP contribution >= 0.6 is 0 Å². The van der Waals surface area contributed by atoms with Gasteiger partial charge in [0.15, 0.2) is 0 Å². The highest BCUT2D eigenvalue weighted by Crippen LogP contribution is 2.45. The van der Waals surface area contributed by atoms with Gasteiger partial charge >= 0.3 is 0 Å². The van der Waals surface area contributed by atoms with Gasteiger partial charge in [0.25, 0.3) is 0 Å². The second-order valence-electron chi connectivity index (χ2n) is 7.37. The topological polar surface area (TPSA) is 40.6 Å². The summed E-state index contributed by atoms with van der Waals surface area (Å²) in [7, 11) is 0. The summed E-state index contributed by atoms with van der Waals surface area (Å²) in [6, 6.07) is -0.419. The Morgan fingerprint density at radius 2 is 1.86 bits per heavy atom. The fourth-order valence-electron chi connectivity index (χ4n) is 4.49. The zero-order chi connectivity index (χ0) is 15.2. The standard InChI is InChI=1S/C17H28N2O2/c1-4-17(9-7-10-17)19-14(12(2)3)16(21)18-11-6-5-8-13(18)15(19)20/h12-14H,4-11H2,1-3H3. The Morgan fingerprint density at radius 1 is 1.14 bits per heavy atom. The molecular formula is C17H28N2O2. The van der Waals surface area contributed by atoms with Crippen molar-refractivity contribution in [1.82, 2.24) is 9.80 Å². The number of rotatable bonds is 3. The summed E-state index contributed by atoms with van der Waals surface area (Å²) in [5.41, 5.74) is -0.0365. The van der Waals surface area contributed by atoms with Gasteiger partial charge in [0.2, 0.25) is 11.8 Å². The minimum absolute atomic E-state index is 0.0365. The molecule has 0 N–H and O–H groups in total. The molecule has 4 nitrogen and oxygen atoms in total.